The Bertz CT molecular complexity index is 420. The average Bonchev–Trinajstić information content (AvgIpc) is 2.61. The summed E-state index contributed by atoms with van der Waals surface area (Å²) in [6.45, 7) is 2.84. The Morgan fingerprint density at radius 2 is 2.29 bits per heavy atom. The van der Waals surface area contributed by atoms with E-state index in [-0.39, 0.29) is 17.2 Å². The number of carbonyl (C=O) groups is 1. The molecule has 17 heavy (non-hydrogen) atoms. The van der Waals surface area contributed by atoms with E-state index in [9.17, 15) is 4.79 Å². The molecule has 1 heterocycles. The molecule has 2 atom stereocenters. The molecule has 2 unspecified atom stereocenters. The van der Waals surface area contributed by atoms with Gasteiger partial charge in [-0.15, -0.1) is 11.8 Å². The van der Waals surface area contributed by atoms with E-state index >= 15 is 0 Å². The first kappa shape index (κ1) is 12.5. The van der Waals surface area contributed by atoms with E-state index in [1.54, 1.807) is 16.7 Å². The van der Waals surface area contributed by atoms with E-state index in [1.165, 1.54) is 0 Å². The molecular weight excluding hydrogens is 232 g/mol. The van der Waals surface area contributed by atoms with Crippen LogP contribution in [0, 0.1) is 0 Å². The first-order valence-electron chi connectivity index (χ1n) is 5.85. The lowest BCUT2D eigenvalue weighted by molar-refractivity contribution is -0.126. The second kappa shape index (κ2) is 5.10. The predicted molar refractivity (Wildman–Crippen MR) is 70.9 cm³/mol. The first-order valence-corrected chi connectivity index (χ1v) is 6.73. The number of hydrogen-bond donors (Lipinski definition) is 1. The largest absolute Gasteiger partial charge is 0.345 e. The van der Waals surface area contributed by atoms with Crippen molar-refractivity contribution >= 4 is 17.7 Å². The smallest absolute Gasteiger partial charge is 0.235 e. The normalized spacial score (nSPS) is 21.9. The summed E-state index contributed by atoms with van der Waals surface area (Å²) in [6, 6.07) is 8.20. The van der Waals surface area contributed by atoms with Crippen molar-refractivity contribution in [1.82, 2.24) is 4.90 Å². The fraction of sp³-hybridized carbons (Fsp3) is 0.462. The third kappa shape index (κ3) is 2.82. The maximum Gasteiger partial charge on any atom is 0.235 e. The molecule has 2 rings (SSSR count). The third-order valence-corrected chi connectivity index (χ3v) is 4.29. The van der Waals surface area contributed by atoms with Crippen LogP contribution < -0.4 is 5.73 Å². The van der Waals surface area contributed by atoms with Crippen LogP contribution in [-0.2, 0) is 4.79 Å². The zero-order valence-electron chi connectivity index (χ0n) is 10.2. The van der Waals surface area contributed by atoms with Gasteiger partial charge >= 0.3 is 0 Å². The summed E-state index contributed by atoms with van der Waals surface area (Å²) in [4.78, 5) is 14.7. The van der Waals surface area contributed by atoms with E-state index in [2.05, 4.69) is 6.07 Å². The molecule has 1 aromatic carbocycles. The maximum atomic E-state index is 11.8. The van der Waals surface area contributed by atoms with Crippen molar-refractivity contribution in [2.45, 2.75) is 29.5 Å². The highest BCUT2D eigenvalue weighted by Gasteiger charge is 2.29. The van der Waals surface area contributed by atoms with Gasteiger partial charge in [0.1, 0.15) is 0 Å². The van der Waals surface area contributed by atoms with Crippen LogP contribution in [0.2, 0.25) is 0 Å². The summed E-state index contributed by atoms with van der Waals surface area (Å²) in [5, 5.41) is 0.0725. The molecular formula is C13H18N2OS. The molecule has 1 aliphatic rings. The van der Waals surface area contributed by atoms with Gasteiger partial charge in [0, 0.05) is 24.5 Å². The molecule has 0 bridgehead atoms. The van der Waals surface area contributed by atoms with Gasteiger partial charge in [-0.25, -0.2) is 0 Å². The van der Waals surface area contributed by atoms with Crippen molar-refractivity contribution in [3.8, 4) is 0 Å². The molecule has 1 aromatic rings. The van der Waals surface area contributed by atoms with Gasteiger partial charge in [0.25, 0.3) is 0 Å². The molecule has 1 amide bonds. The third-order valence-electron chi connectivity index (χ3n) is 3.04. The highest BCUT2D eigenvalue weighted by Crippen LogP contribution is 2.31. The van der Waals surface area contributed by atoms with Gasteiger partial charge < -0.3 is 10.6 Å². The lowest BCUT2D eigenvalue weighted by Gasteiger charge is -2.11. The summed E-state index contributed by atoms with van der Waals surface area (Å²) >= 11 is 1.65. The van der Waals surface area contributed by atoms with E-state index in [0.717, 1.165) is 23.4 Å². The number of nitrogens with two attached hydrogens (primary N) is 1. The number of amides is 1. The Morgan fingerprint density at radius 3 is 2.88 bits per heavy atom. The number of rotatable bonds is 3. The van der Waals surface area contributed by atoms with Crippen molar-refractivity contribution in [2.24, 2.45) is 5.73 Å². The minimum Gasteiger partial charge on any atom is -0.345 e. The molecule has 1 saturated heterocycles. The zero-order valence-corrected chi connectivity index (χ0v) is 11.0. The number of carbonyl (C=O) groups excluding carboxylic acids is 1. The van der Waals surface area contributed by atoms with Gasteiger partial charge in [0.15, 0.2) is 0 Å². The highest BCUT2D eigenvalue weighted by molar-refractivity contribution is 8.00. The Kier molecular flexibility index (Phi) is 3.74. The van der Waals surface area contributed by atoms with Gasteiger partial charge in [-0.2, -0.15) is 0 Å². The fourth-order valence-corrected chi connectivity index (χ4v) is 3.13. The second-order valence-corrected chi connectivity index (χ2v) is 5.79. The van der Waals surface area contributed by atoms with Crippen LogP contribution in [0.4, 0.5) is 0 Å². The summed E-state index contributed by atoms with van der Waals surface area (Å²) in [5.41, 5.74) is 6.97. The minimum atomic E-state index is 0.0394. The van der Waals surface area contributed by atoms with Crippen molar-refractivity contribution in [3.05, 3.63) is 29.8 Å². The van der Waals surface area contributed by atoms with Crippen molar-refractivity contribution in [1.29, 1.82) is 0 Å². The van der Waals surface area contributed by atoms with E-state index < -0.39 is 0 Å². The Hall–Kier alpha value is -1.00. The van der Waals surface area contributed by atoms with E-state index in [4.69, 9.17) is 5.73 Å². The summed E-state index contributed by atoms with van der Waals surface area (Å²) in [6.07, 6.45) is 0.933. The zero-order chi connectivity index (χ0) is 12.4. The molecule has 3 nitrogen and oxygen atoms in total. The Labute approximate surface area is 106 Å². The predicted octanol–water partition coefficient (Wildman–Crippen LogP) is 2.03. The molecule has 0 aliphatic carbocycles. The van der Waals surface area contributed by atoms with Crippen molar-refractivity contribution in [2.75, 3.05) is 13.6 Å². The molecule has 1 aliphatic heterocycles. The van der Waals surface area contributed by atoms with Crippen LogP contribution in [-0.4, -0.2) is 29.6 Å². The van der Waals surface area contributed by atoms with Gasteiger partial charge in [0.2, 0.25) is 5.91 Å². The maximum absolute atomic E-state index is 11.8. The number of thioether (sulfide) groups is 1. The Morgan fingerprint density at radius 1 is 1.53 bits per heavy atom. The topological polar surface area (TPSA) is 46.3 Å². The lowest BCUT2D eigenvalue weighted by Crippen LogP contribution is -2.23. The molecule has 4 heteroatoms. The van der Waals surface area contributed by atoms with Gasteiger partial charge in [-0.3, -0.25) is 4.79 Å². The number of likely N-dealkylation sites (tertiary alicyclic amines) is 1. The van der Waals surface area contributed by atoms with Crippen molar-refractivity contribution in [3.63, 3.8) is 0 Å². The van der Waals surface area contributed by atoms with Crippen molar-refractivity contribution < 1.29 is 4.79 Å². The highest BCUT2D eigenvalue weighted by atomic mass is 32.2. The minimum absolute atomic E-state index is 0.0394. The van der Waals surface area contributed by atoms with E-state index in [0.29, 0.717) is 0 Å². The number of nitrogens with zero attached hydrogens (tertiary/aromatic N) is 1. The lowest BCUT2D eigenvalue weighted by atomic mass is 10.1. The molecule has 2 N–H and O–H groups in total. The molecule has 1 fully saturated rings. The van der Waals surface area contributed by atoms with Gasteiger partial charge in [-0.1, -0.05) is 12.1 Å². The fourth-order valence-electron chi connectivity index (χ4n) is 1.94. The SMILES string of the molecule is CC(N)c1cccc(SC2CCN(C)C2=O)c1. The van der Waals surface area contributed by atoms with Crippen LogP contribution in [0.3, 0.4) is 0 Å². The molecule has 0 spiro atoms. The second-order valence-electron chi connectivity index (χ2n) is 4.52. The standard InChI is InChI=1S/C13H18N2OS/c1-9(14)10-4-3-5-11(8-10)17-12-6-7-15(2)13(12)16/h3-5,8-9,12H,6-7,14H2,1-2H3. The van der Waals surface area contributed by atoms with E-state index in [1.807, 2.05) is 32.2 Å². The summed E-state index contributed by atoms with van der Waals surface area (Å²) in [5.74, 6) is 0.237. The number of benzene rings is 1. The molecule has 92 valence electrons. The number of hydrogen-bond acceptors (Lipinski definition) is 3. The first-order chi connectivity index (χ1) is 8.08. The quantitative estimate of drug-likeness (QED) is 0.893. The van der Waals surface area contributed by atoms with Crippen LogP contribution in [0.1, 0.15) is 24.9 Å². The summed E-state index contributed by atoms with van der Waals surface area (Å²) < 4.78 is 0. The van der Waals surface area contributed by atoms with Gasteiger partial charge in [0.05, 0.1) is 5.25 Å². The van der Waals surface area contributed by atoms with Crippen LogP contribution in [0.25, 0.3) is 0 Å². The summed E-state index contributed by atoms with van der Waals surface area (Å²) in [7, 11) is 1.86. The molecule has 0 radical (unpaired) electrons. The molecule has 0 aromatic heterocycles. The Balaban J connectivity index is 2.09. The van der Waals surface area contributed by atoms with Crippen LogP contribution in [0.5, 0.6) is 0 Å². The van der Waals surface area contributed by atoms with Gasteiger partial charge in [-0.05, 0) is 31.0 Å². The monoisotopic (exact) mass is 250 g/mol. The van der Waals surface area contributed by atoms with Crippen LogP contribution >= 0.6 is 11.8 Å². The molecule has 0 saturated carbocycles. The van der Waals surface area contributed by atoms with Crippen LogP contribution in [0.15, 0.2) is 29.2 Å². The average molecular weight is 250 g/mol.